The van der Waals surface area contributed by atoms with E-state index in [0.29, 0.717) is 17.5 Å². The van der Waals surface area contributed by atoms with Crippen molar-refractivity contribution in [2.45, 2.75) is 37.7 Å². The molecule has 2 N–H and O–H groups in total. The molecule has 4 rings (SSSR count). The van der Waals surface area contributed by atoms with Gasteiger partial charge in [-0.2, -0.15) is 0 Å². The maximum atomic E-state index is 12.0. The minimum atomic E-state index is -0.475. The van der Waals surface area contributed by atoms with Gasteiger partial charge in [0.25, 0.3) is 5.91 Å². The molecule has 1 aromatic carbocycles. The van der Waals surface area contributed by atoms with Gasteiger partial charge in [0.05, 0.1) is 6.26 Å². The zero-order chi connectivity index (χ0) is 15.8. The maximum absolute atomic E-state index is 12.0. The summed E-state index contributed by atoms with van der Waals surface area (Å²) in [7, 11) is 0. The Morgan fingerprint density at radius 2 is 2.17 bits per heavy atom. The van der Waals surface area contributed by atoms with Crippen molar-refractivity contribution in [3.05, 3.63) is 47.2 Å². The third-order valence-corrected chi connectivity index (χ3v) is 4.92. The van der Waals surface area contributed by atoms with E-state index in [-0.39, 0.29) is 5.91 Å². The first-order chi connectivity index (χ1) is 11.2. The molecule has 0 fully saturated rings. The molecule has 23 heavy (non-hydrogen) atoms. The van der Waals surface area contributed by atoms with Gasteiger partial charge in [-0.3, -0.25) is 10.1 Å². The molecule has 2 aliphatic carbocycles. The molecule has 2 atom stereocenters. The first-order valence-corrected chi connectivity index (χ1v) is 8.38. The topological polar surface area (TPSA) is 50.4 Å². The average molecular weight is 326 g/mol. The highest BCUT2D eigenvalue weighted by Gasteiger charge is 2.28. The summed E-state index contributed by atoms with van der Waals surface area (Å²) in [6, 6.07) is 4.23. The Kier molecular flexibility index (Phi) is 3.65. The molecule has 0 radical (unpaired) electrons. The standard InChI is InChI=1S/C18H18N2O2S/c21-17(15-5-2-10-22-15)20-18(23)19-14-9-8-12-7-6-11-3-1-4-13(14)16(11)12/h1-2,4,8-11,15H,3,5-7H2,(H2,19,20,21,23). The van der Waals surface area contributed by atoms with Crippen LogP contribution in [-0.4, -0.2) is 17.1 Å². The minimum absolute atomic E-state index is 0.212. The first kappa shape index (κ1) is 14.5. The van der Waals surface area contributed by atoms with E-state index in [9.17, 15) is 4.79 Å². The van der Waals surface area contributed by atoms with Crippen LogP contribution in [0.15, 0.2) is 30.5 Å². The first-order valence-electron chi connectivity index (χ1n) is 7.97. The number of allylic oxidation sites excluding steroid dienone is 1. The molecule has 1 amide bonds. The van der Waals surface area contributed by atoms with Crippen LogP contribution < -0.4 is 10.6 Å². The monoisotopic (exact) mass is 326 g/mol. The predicted octanol–water partition coefficient (Wildman–Crippen LogP) is 3.25. The van der Waals surface area contributed by atoms with Crippen molar-refractivity contribution < 1.29 is 9.53 Å². The number of hydrogen-bond donors (Lipinski definition) is 2. The molecule has 5 heteroatoms. The van der Waals surface area contributed by atoms with E-state index in [1.165, 1.54) is 23.1 Å². The van der Waals surface area contributed by atoms with Crippen LogP contribution in [0, 0.1) is 0 Å². The third kappa shape index (κ3) is 2.65. The van der Waals surface area contributed by atoms with Gasteiger partial charge in [-0.25, -0.2) is 0 Å². The number of benzene rings is 1. The van der Waals surface area contributed by atoms with E-state index in [2.05, 4.69) is 34.9 Å². The summed E-state index contributed by atoms with van der Waals surface area (Å²) >= 11 is 5.29. The lowest BCUT2D eigenvalue weighted by Crippen LogP contribution is -2.40. The van der Waals surface area contributed by atoms with Crippen molar-refractivity contribution >= 4 is 35.0 Å². The van der Waals surface area contributed by atoms with Crippen LogP contribution >= 0.6 is 12.2 Å². The summed E-state index contributed by atoms with van der Waals surface area (Å²) in [5, 5.41) is 6.20. The summed E-state index contributed by atoms with van der Waals surface area (Å²) < 4.78 is 5.20. The molecule has 1 heterocycles. The molecular weight excluding hydrogens is 308 g/mol. The third-order valence-electron chi connectivity index (χ3n) is 4.72. The predicted molar refractivity (Wildman–Crippen MR) is 94.1 cm³/mol. The number of carbonyl (C=O) groups is 1. The van der Waals surface area contributed by atoms with Crippen LogP contribution in [0.2, 0.25) is 0 Å². The lowest BCUT2D eigenvalue weighted by atomic mass is 9.88. The number of aryl methyl sites for hydroxylation is 1. The summed E-state index contributed by atoms with van der Waals surface area (Å²) in [6.45, 7) is 0. The van der Waals surface area contributed by atoms with Gasteiger partial charge in [-0.05, 0) is 60.7 Å². The van der Waals surface area contributed by atoms with Crippen molar-refractivity contribution in [2.24, 2.45) is 0 Å². The fraction of sp³-hybridized carbons (Fsp3) is 0.333. The van der Waals surface area contributed by atoms with Crippen LogP contribution in [0.5, 0.6) is 0 Å². The minimum Gasteiger partial charge on any atom is -0.488 e. The Balaban J connectivity index is 1.49. The maximum Gasteiger partial charge on any atom is 0.267 e. The van der Waals surface area contributed by atoms with E-state index in [1.54, 1.807) is 6.26 Å². The molecule has 0 saturated carbocycles. The van der Waals surface area contributed by atoms with Crippen molar-refractivity contribution in [3.63, 3.8) is 0 Å². The molecule has 2 unspecified atom stereocenters. The lowest BCUT2D eigenvalue weighted by molar-refractivity contribution is -0.127. The van der Waals surface area contributed by atoms with E-state index < -0.39 is 6.10 Å². The number of ether oxygens (including phenoxy) is 1. The van der Waals surface area contributed by atoms with Crippen LogP contribution in [0.25, 0.3) is 6.08 Å². The fourth-order valence-corrected chi connectivity index (χ4v) is 3.84. The highest BCUT2D eigenvalue weighted by Crippen LogP contribution is 2.43. The van der Waals surface area contributed by atoms with E-state index in [4.69, 9.17) is 17.0 Å². The number of amides is 1. The fourth-order valence-electron chi connectivity index (χ4n) is 3.63. The molecule has 0 bridgehead atoms. The zero-order valence-electron chi connectivity index (χ0n) is 12.7. The molecule has 4 nitrogen and oxygen atoms in total. The van der Waals surface area contributed by atoms with Gasteiger partial charge in [-0.1, -0.05) is 18.2 Å². The van der Waals surface area contributed by atoms with Crippen LogP contribution in [0.3, 0.4) is 0 Å². The zero-order valence-corrected chi connectivity index (χ0v) is 13.5. The van der Waals surface area contributed by atoms with Crippen LogP contribution in [-0.2, 0) is 16.0 Å². The second kappa shape index (κ2) is 5.81. The van der Waals surface area contributed by atoms with Gasteiger partial charge in [0, 0.05) is 17.7 Å². The number of anilines is 1. The van der Waals surface area contributed by atoms with Crippen molar-refractivity contribution in [1.29, 1.82) is 0 Å². The Labute approximate surface area is 140 Å². The van der Waals surface area contributed by atoms with Gasteiger partial charge >= 0.3 is 0 Å². The molecule has 0 spiro atoms. The second-order valence-corrected chi connectivity index (χ2v) is 6.56. The van der Waals surface area contributed by atoms with Crippen molar-refractivity contribution in [3.8, 4) is 0 Å². The summed E-state index contributed by atoms with van der Waals surface area (Å²) in [5.74, 6) is 0.420. The lowest BCUT2D eigenvalue weighted by Gasteiger charge is -2.21. The molecule has 1 aromatic rings. The molecule has 3 aliphatic rings. The number of hydrogen-bond acceptors (Lipinski definition) is 3. The van der Waals surface area contributed by atoms with Gasteiger partial charge in [0.2, 0.25) is 0 Å². The van der Waals surface area contributed by atoms with Gasteiger partial charge in [0.15, 0.2) is 11.2 Å². The summed E-state index contributed by atoms with van der Waals surface area (Å²) in [6.07, 6.45) is 11.4. The van der Waals surface area contributed by atoms with Crippen molar-refractivity contribution in [2.75, 3.05) is 5.32 Å². The Morgan fingerprint density at radius 3 is 3.00 bits per heavy atom. The molecule has 1 aliphatic heterocycles. The summed E-state index contributed by atoms with van der Waals surface area (Å²) in [4.78, 5) is 12.0. The summed E-state index contributed by atoms with van der Waals surface area (Å²) in [5.41, 5.74) is 5.07. The van der Waals surface area contributed by atoms with Crippen LogP contribution in [0.4, 0.5) is 5.69 Å². The average Bonchev–Trinajstić information content (AvgIpc) is 3.21. The van der Waals surface area contributed by atoms with Gasteiger partial charge in [-0.15, -0.1) is 0 Å². The SMILES string of the molecule is O=C(NC(=S)Nc1ccc2c3c1C=CCC3CC2)C1CC=CO1. The number of nitrogens with one attached hydrogen (secondary N) is 2. The van der Waals surface area contributed by atoms with E-state index >= 15 is 0 Å². The van der Waals surface area contributed by atoms with Crippen molar-refractivity contribution in [1.82, 2.24) is 5.32 Å². The largest absolute Gasteiger partial charge is 0.488 e. The Morgan fingerprint density at radius 1 is 1.26 bits per heavy atom. The van der Waals surface area contributed by atoms with E-state index in [1.807, 2.05) is 6.08 Å². The molecular formula is C18H18N2O2S. The molecule has 118 valence electrons. The Hall–Kier alpha value is -2.14. The van der Waals surface area contributed by atoms with Gasteiger partial charge in [0.1, 0.15) is 0 Å². The Bertz CT molecular complexity index is 731. The highest BCUT2D eigenvalue weighted by molar-refractivity contribution is 7.80. The van der Waals surface area contributed by atoms with Crippen LogP contribution in [0.1, 0.15) is 41.9 Å². The smallest absolute Gasteiger partial charge is 0.267 e. The second-order valence-electron chi connectivity index (χ2n) is 6.15. The van der Waals surface area contributed by atoms with Gasteiger partial charge < -0.3 is 10.1 Å². The normalized spacial score (nSPS) is 23.3. The number of carbonyl (C=O) groups excluding carboxylic acids is 1. The quantitative estimate of drug-likeness (QED) is 0.819. The molecule has 0 saturated heterocycles. The number of thiocarbonyl (C=S) groups is 1. The molecule has 0 aromatic heterocycles. The highest BCUT2D eigenvalue weighted by atomic mass is 32.1. The van der Waals surface area contributed by atoms with E-state index in [0.717, 1.165) is 18.5 Å². The number of rotatable bonds is 2.